The minimum absolute atomic E-state index is 0.171. The van der Waals surface area contributed by atoms with Gasteiger partial charge in [-0.05, 0) is 26.2 Å². The number of rotatable bonds is 5. The minimum atomic E-state index is -0.233. The Morgan fingerprint density at radius 3 is 2.76 bits per heavy atom. The molecule has 1 saturated heterocycles. The van der Waals surface area contributed by atoms with Gasteiger partial charge < -0.3 is 9.30 Å². The van der Waals surface area contributed by atoms with Crippen LogP contribution < -0.4 is 11.2 Å². The fraction of sp³-hybridized carbons (Fsp3) is 0.667. The number of nitrogens with zero attached hydrogens (tertiary/aromatic N) is 2. The first-order valence-corrected chi connectivity index (χ1v) is 5.98. The molecule has 1 aliphatic heterocycles. The van der Waals surface area contributed by atoms with Crippen LogP contribution in [-0.4, -0.2) is 21.8 Å². The van der Waals surface area contributed by atoms with Gasteiger partial charge in [0.2, 0.25) is 0 Å². The molecule has 2 rings (SSSR count). The Hall–Kier alpha value is -1.36. The van der Waals surface area contributed by atoms with E-state index in [0.29, 0.717) is 18.2 Å². The third-order valence-electron chi connectivity index (χ3n) is 3.06. The number of aryl methyl sites for hydroxylation is 2. The summed E-state index contributed by atoms with van der Waals surface area (Å²) in [6.07, 6.45) is 4.87. The molecule has 2 heterocycles. The van der Waals surface area contributed by atoms with Crippen molar-refractivity contribution in [3.63, 3.8) is 0 Å². The molecule has 1 atom stereocenters. The fourth-order valence-corrected chi connectivity index (χ4v) is 1.96. The quantitative estimate of drug-likeness (QED) is 0.552. The molecule has 1 aromatic heterocycles. The molecule has 0 bridgehead atoms. The molecular weight excluding hydrogens is 220 g/mol. The fourth-order valence-electron chi connectivity index (χ4n) is 1.96. The predicted molar refractivity (Wildman–Crippen MR) is 64.3 cm³/mol. The molecule has 0 saturated carbocycles. The average Bonchev–Trinajstić information content (AvgIpc) is 3.09. The highest BCUT2D eigenvalue weighted by molar-refractivity contribution is 5.02. The first kappa shape index (κ1) is 12.1. The third-order valence-corrected chi connectivity index (χ3v) is 3.06. The van der Waals surface area contributed by atoms with Gasteiger partial charge in [0.15, 0.2) is 0 Å². The molecule has 1 aromatic rings. The van der Waals surface area contributed by atoms with Crippen LogP contribution in [0.25, 0.3) is 0 Å². The number of epoxide rings is 1. The number of aromatic nitrogens is 2. The van der Waals surface area contributed by atoms with Gasteiger partial charge in [-0.1, -0.05) is 0 Å². The lowest BCUT2D eigenvalue weighted by molar-refractivity contribution is 0.385. The van der Waals surface area contributed by atoms with Crippen molar-refractivity contribution in [1.29, 1.82) is 0 Å². The second-order valence-electron chi connectivity index (χ2n) is 4.61. The maximum absolute atomic E-state index is 11.8. The maximum atomic E-state index is 11.8. The zero-order valence-corrected chi connectivity index (χ0v) is 10.3. The maximum Gasteiger partial charge on any atom is 0.330 e. The molecule has 0 amide bonds. The molecule has 1 fully saturated rings. The lowest BCUT2D eigenvalue weighted by Gasteiger charge is -2.07. The van der Waals surface area contributed by atoms with Crippen LogP contribution in [0.5, 0.6) is 0 Å². The summed E-state index contributed by atoms with van der Waals surface area (Å²) in [5.41, 5.74) is 0.205. The molecule has 5 nitrogen and oxygen atoms in total. The summed E-state index contributed by atoms with van der Waals surface area (Å²) in [6.45, 7) is 3.10. The summed E-state index contributed by atoms with van der Waals surface area (Å²) < 4.78 is 7.89. The smallest absolute Gasteiger partial charge is 0.330 e. The summed E-state index contributed by atoms with van der Waals surface area (Å²) in [5, 5.41) is 0. The lowest BCUT2D eigenvalue weighted by atomic mass is 10.2. The van der Waals surface area contributed by atoms with Crippen molar-refractivity contribution >= 4 is 0 Å². The third kappa shape index (κ3) is 2.85. The number of unbranched alkanes of at least 4 members (excludes halogenated alkanes) is 1. The highest BCUT2D eigenvalue weighted by Crippen LogP contribution is 2.16. The second-order valence-corrected chi connectivity index (χ2v) is 4.61. The van der Waals surface area contributed by atoms with Crippen molar-refractivity contribution < 1.29 is 4.74 Å². The van der Waals surface area contributed by atoms with Gasteiger partial charge in [0.05, 0.1) is 12.7 Å². The Morgan fingerprint density at radius 1 is 1.41 bits per heavy atom. The summed E-state index contributed by atoms with van der Waals surface area (Å²) in [5.74, 6) is 0. The van der Waals surface area contributed by atoms with E-state index < -0.39 is 0 Å². The van der Waals surface area contributed by atoms with Crippen molar-refractivity contribution in [3.8, 4) is 0 Å². The van der Waals surface area contributed by atoms with Gasteiger partial charge in [0, 0.05) is 25.4 Å². The number of hydrogen-bond donors (Lipinski definition) is 0. The van der Waals surface area contributed by atoms with E-state index in [-0.39, 0.29) is 11.2 Å². The van der Waals surface area contributed by atoms with E-state index in [1.54, 1.807) is 20.2 Å². The van der Waals surface area contributed by atoms with E-state index in [4.69, 9.17) is 4.74 Å². The van der Waals surface area contributed by atoms with Crippen molar-refractivity contribution in [1.82, 2.24) is 9.13 Å². The molecule has 94 valence electrons. The van der Waals surface area contributed by atoms with Crippen LogP contribution in [-0.2, 0) is 18.3 Å². The van der Waals surface area contributed by atoms with Crippen LogP contribution in [0.4, 0.5) is 0 Å². The predicted octanol–water partition coefficient (Wildman–Crippen LogP) is 0.425. The molecule has 17 heavy (non-hydrogen) atoms. The van der Waals surface area contributed by atoms with E-state index in [9.17, 15) is 9.59 Å². The van der Waals surface area contributed by atoms with Gasteiger partial charge in [-0.15, -0.1) is 0 Å². The van der Waals surface area contributed by atoms with Gasteiger partial charge >= 0.3 is 5.69 Å². The van der Waals surface area contributed by atoms with Gasteiger partial charge in [-0.3, -0.25) is 9.36 Å². The summed E-state index contributed by atoms with van der Waals surface area (Å²) in [7, 11) is 1.67. The summed E-state index contributed by atoms with van der Waals surface area (Å²) >= 11 is 0. The van der Waals surface area contributed by atoms with Crippen molar-refractivity contribution in [2.24, 2.45) is 7.05 Å². The largest absolute Gasteiger partial charge is 0.373 e. The average molecular weight is 238 g/mol. The zero-order chi connectivity index (χ0) is 12.4. The van der Waals surface area contributed by atoms with E-state index in [2.05, 4.69) is 0 Å². The molecule has 5 heteroatoms. The van der Waals surface area contributed by atoms with Gasteiger partial charge in [-0.25, -0.2) is 4.79 Å². The van der Waals surface area contributed by atoms with Crippen LogP contribution in [0.3, 0.4) is 0 Å². The molecule has 1 aliphatic rings. The van der Waals surface area contributed by atoms with E-state index in [1.165, 1.54) is 9.13 Å². The molecule has 0 N–H and O–H groups in total. The van der Waals surface area contributed by atoms with Crippen molar-refractivity contribution in [3.05, 3.63) is 32.6 Å². The number of ether oxygens (including phenoxy) is 1. The Labute approximate surface area is 99.6 Å². The van der Waals surface area contributed by atoms with Crippen LogP contribution in [0, 0.1) is 6.92 Å². The zero-order valence-electron chi connectivity index (χ0n) is 10.3. The van der Waals surface area contributed by atoms with Gasteiger partial charge in [0.25, 0.3) is 5.56 Å². The van der Waals surface area contributed by atoms with E-state index in [0.717, 1.165) is 25.9 Å². The van der Waals surface area contributed by atoms with Crippen LogP contribution in [0.2, 0.25) is 0 Å². The Kier molecular flexibility index (Phi) is 3.47. The molecule has 0 aromatic carbocycles. The van der Waals surface area contributed by atoms with Crippen LogP contribution in [0.15, 0.2) is 15.8 Å². The Morgan fingerprint density at radius 2 is 2.12 bits per heavy atom. The first-order chi connectivity index (χ1) is 8.09. The number of hydrogen-bond acceptors (Lipinski definition) is 3. The second kappa shape index (κ2) is 4.87. The van der Waals surface area contributed by atoms with Gasteiger partial charge in [0.1, 0.15) is 0 Å². The highest BCUT2D eigenvalue weighted by atomic mass is 16.6. The highest BCUT2D eigenvalue weighted by Gasteiger charge is 2.21. The first-order valence-electron chi connectivity index (χ1n) is 5.98. The van der Waals surface area contributed by atoms with E-state index in [1.807, 2.05) is 0 Å². The Bertz CT molecular complexity index is 477. The van der Waals surface area contributed by atoms with Crippen LogP contribution >= 0.6 is 0 Å². The molecule has 0 aliphatic carbocycles. The lowest BCUT2D eigenvalue weighted by Crippen LogP contribution is -2.39. The SMILES string of the molecule is Cc1cn(C)c(=O)n(CCCCC2CO2)c1=O. The van der Waals surface area contributed by atoms with E-state index >= 15 is 0 Å². The van der Waals surface area contributed by atoms with Gasteiger partial charge in [-0.2, -0.15) is 0 Å². The summed E-state index contributed by atoms with van der Waals surface area (Å²) in [4.78, 5) is 23.6. The molecule has 1 unspecified atom stereocenters. The summed E-state index contributed by atoms with van der Waals surface area (Å²) in [6, 6.07) is 0. The molecule has 0 radical (unpaired) electrons. The normalized spacial score (nSPS) is 18.4. The monoisotopic (exact) mass is 238 g/mol. The molecular formula is C12H18N2O3. The minimum Gasteiger partial charge on any atom is -0.373 e. The standard InChI is InChI=1S/C12H18N2O3/c1-9-7-13(2)12(16)14(11(9)15)6-4-3-5-10-8-17-10/h7,10H,3-6,8H2,1-2H3. The van der Waals surface area contributed by atoms with Crippen molar-refractivity contribution in [2.75, 3.05) is 6.61 Å². The molecule has 0 spiro atoms. The topological polar surface area (TPSA) is 56.5 Å². The Balaban J connectivity index is 2.03. The van der Waals surface area contributed by atoms with Crippen LogP contribution in [0.1, 0.15) is 24.8 Å². The van der Waals surface area contributed by atoms with Crippen molar-refractivity contribution in [2.45, 2.75) is 38.8 Å².